The summed E-state index contributed by atoms with van der Waals surface area (Å²) < 4.78 is 0. The van der Waals surface area contributed by atoms with Crippen molar-refractivity contribution in [1.82, 2.24) is 10.6 Å². The third kappa shape index (κ3) is 7.10. The van der Waals surface area contributed by atoms with Crippen molar-refractivity contribution in [3.63, 3.8) is 0 Å². The van der Waals surface area contributed by atoms with Crippen LogP contribution in [0.3, 0.4) is 0 Å². The molecule has 0 radical (unpaired) electrons. The molecule has 8 heteroatoms. The van der Waals surface area contributed by atoms with Gasteiger partial charge in [-0.15, -0.1) is 0 Å². The van der Waals surface area contributed by atoms with Crippen molar-refractivity contribution in [2.75, 3.05) is 0 Å². The number of carboxylic acids is 1. The Morgan fingerprint density at radius 1 is 1.00 bits per heavy atom. The summed E-state index contributed by atoms with van der Waals surface area (Å²) in [4.78, 5) is 35.9. The number of benzene rings is 1. The summed E-state index contributed by atoms with van der Waals surface area (Å²) in [6, 6.07) is 3.35. The number of nitrogens with two attached hydrogens (primary N) is 1. The number of nitrogens with one attached hydrogen (secondary N) is 2. The van der Waals surface area contributed by atoms with Crippen LogP contribution in [0.1, 0.15) is 32.8 Å². The van der Waals surface area contributed by atoms with Gasteiger partial charge in [0.25, 0.3) is 0 Å². The van der Waals surface area contributed by atoms with Crippen LogP contribution in [0.4, 0.5) is 0 Å². The number of aromatic hydroxyl groups is 1. The molecule has 0 bridgehead atoms. The van der Waals surface area contributed by atoms with Crippen molar-refractivity contribution >= 4 is 17.8 Å². The molecule has 0 aliphatic heterocycles. The van der Waals surface area contributed by atoms with E-state index < -0.39 is 35.9 Å². The highest BCUT2D eigenvalue weighted by Gasteiger charge is 2.27. The van der Waals surface area contributed by atoms with Gasteiger partial charge in [-0.25, -0.2) is 4.79 Å². The van der Waals surface area contributed by atoms with Gasteiger partial charge < -0.3 is 26.6 Å². The minimum atomic E-state index is -1.13. The predicted octanol–water partition coefficient (Wildman–Crippen LogP) is 0.382. The maximum atomic E-state index is 12.6. The van der Waals surface area contributed by atoms with Gasteiger partial charge in [0.05, 0.1) is 6.04 Å². The lowest BCUT2D eigenvalue weighted by Gasteiger charge is -2.23. The fraction of sp³-hybridized carbons (Fsp3) is 0.500. The number of carboxylic acid groups (broad SMARTS) is 1. The second kappa shape index (κ2) is 9.76. The van der Waals surface area contributed by atoms with Crippen LogP contribution in [-0.2, 0) is 20.8 Å². The Labute approximate surface area is 152 Å². The minimum Gasteiger partial charge on any atom is -0.508 e. The average Bonchev–Trinajstić information content (AvgIpc) is 2.54. The molecule has 1 aromatic rings. The number of hydrogen-bond donors (Lipinski definition) is 5. The number of hydrogen-bond acceptors (Lipinski definition) is 5. The van der Waals surface area contributed by atoms with Gasteiger partial charge in [0.2, 0.25) is 11.8 Å². The topological polar surface area (TPSA) is 142 Å². The Balaban J connectivity index is 2.94. The van der Waals surface area contributed by atoms with Gasteiger partial charge in [0.15, 0.2) is 0 Å². The highest BCUT2D eigenvalue weighted by atomic mass is 16.4. The van der Waals surface area contributed by atoms with Crippen molar-refractivity contribution in [3.8, 4) is 5.75 Å². The Bertz CT molecular complexity index is 628. The molecule has 1 aromatic carbocycles. The third-order valence-corrected chi connectivity index (χ3v) is 3.74. The van der Waals surface area contributed by atoms with Gasteiger partial charge in [-0.2, -0.15) is 0 Å². The van der Waals surface area contributed by atoms with E-state index >= 15 is 0 Å². The number of phenolic OH excluding ortho intramolecular Hbond substituents is 1. The zero-order chi connectivity index (χ0) is 19.9. The fourth-order valence-corrected chi connectivity index (χ4v) is 2.35. The van der Waals surface area contributed by atoms with E-state index in [-0.39, 0.29) is 24.5 Å². The van der Waals surface area contributed by atoms with Gasteiger partial charge in [-0.1, -0.05) is 26.0 Å². The van der Waals surface area contributed by atoms with Crippen molar-refractivity contribution < 1.29 is 24.6 Å². The summed E-state index contributed by atoms with van der Waals surface area (Å²) in [6.45, 7) is 5.20. The van der Waals surface area contributed by atoms with Gasteiger partial charge in [-0.3, -0.25) is 9.59 Å². The van der Waals surface area contributed by atoms with Crippen molar-refractivity contribution in [1.29, 1.82) is 0 Å². The summed E-state index contributed by atoms with van der Waals surface area (Å²) in [5, 5.41) is 23.7. The minimum absolute atomic E-state index is 0.0746. The number of rotatable bonds is 9. The molecular formula is C18H27N3O5. The van der Waals surface area contributed by atoms with Crippen LogP contribution in [0.15, 0.2) is 24.3 Å². The standard InChI is InChI=1S/C18H27N3O5/c1-10(2)8-15(18(25)26)21-17(24)14(20-16(23)11(3)19)9-12-4-6-13(22)7-5-12/h4-7,10-11,14-15,22H,8-9,19H2,1-3H3,(H,20,23)(H,21,24)(H,25,26). The van der Waals surface area contributed by atoms with Crippen LogP contribution >= 0.6 is 0 Å². The van der Waals surface area contributed by atoms with Crippen LogP contribution in [0.2, 0.25) is 0 Å². The lowest BCUT2D eigenvalue weighted by molar-refractivity contribution is -0.142. The summed E-state index contributed by atoms with van der Waals surface area (Å²) in [5.74, 6) is -2.09. The van der Waals surface area contributed by atoms with Gasteiger partial charge >= 0.3 is 5.97 Å². The average molecular weight is 365 g/mol. The largest absolute Gasteiger partial charge is 0.508 e. The monoisotopic (exact) mass is 365 g/mol. The maximum absolute atomic E-state index is 12.6. The van der Waals surface area contributed by atoms with Crippen LogP contribution in [0.25, 0.3) is 0 Å². The lowest BCUT2D eigenvalue weighted by Crippen LogP contribution is -2.55. The zero-order valence-electron chi connectivity index (χ0n) is 15.2. The molecule has 0 saturated heterocycles. The van der Waals surface area contributed by atoms with Gasteiger partial charge in [0, 0.05) is 6.42 Å². The highest BCUT2D eigenvalue weighted by molar-refractivity contribution is 5.91. The summed E-state index contributed by atoms with van der Waals surface area (Å²) in [5.41, 5.74) is 6.24. The van der Waals surface area contributed by atoms with Crippen LogP contribution in [0, 0.1) is 5.92 Å². The summed E-state index contributed by atoms with van der Waals surface area (Å²) in [7, 11) is 0. The molecular weight excluding hydrogens is 338 g/mol. The van der Waals surface area contributed by atoms with Crippen LogP contribution in [0.5, 0.6) is 5.75 Å². The van der Waals surface area contributed by atoms with E-state index in [4.69, 9.17) is 5.73 Å². The molecule has 6 N–H and O–H groups in total. The molecule has 0 aliphatic carbocycles. The van der Waals surface area contributed by atoms with E-state index in [1.165, 1.54) is 19.1 Å². The van der Waals surface area contributed by atoms with Crippen LogP contribution < -0.4 is 16.4 Å². The molecule has 0 aliphatic rings. The van der Waals surface area contributed by atoms with Crippen molar-refractivity contribution in [2.45, 2.75) is 51.7 Å². The van der Waals surface area contributed by atoms with E-state index in [0.29, 0.717) is 5.56 Å². The number of phenols is 1. The van der Waals surface area contributed by atoms with Gasteiger partial charge in [-0.05, 0) is 37.0 Å². The summed E-state index contributed by atoms with van der Waals surface area (Å²) >= 11 is 0. The lowest BCUT2D eigenvalue weighted by atomic mass is 10.0. The summed E-state index contributed by atoms with van der Waals surface area (Å²) in [6.07, 6.45) is 0.410. The zero-order valence-corrected chi connectivity index (χ0v) is 15.2. The first-order chi connectivity index (χ1) is 12.1. The second-order valence-electron chi connectivity index (χ2n) is 6.75. The number of carbonyl (C=O) groups excluding carboxylic acids is 2. The first-order valence-electron chi connectivity index (χ1n) is 8.47. The Kier molecular flexibility index (Phi) is 8.05. The molecule has 2 amide bonds. The molecule has 144 valence electrons. The number of amides is 2. The van der Waals surface area contributed by atoms with Crippen LogP contribution in [-0.4, -0.2) is 46.1 Å². The smallest absolute Gasteiger partial charge is 0.326 e. The number of carbonyl (C=O) groups is 3. The Hall–Kier alpha value is -2.61. The molecule has 0 fully saturated rings. The van der Waals surface area contributed by atoms with E-state index in [1.54, 1.807) is 12.1 Å². The van der Waals surface area contributed by atoms with Gasteiger partial charge in [0.1, 0.15) is 17.8 Å². The molecule has 0 spiro atoms. The molecule has 0 saturated carbocycles. The predicted molar refractivity (Wildman–Crippen MR) is 96.4 cm³/mol. The van der Waals surface area contributed by atoms with Crippen molar-refractivity contribution in [3.05, 3.63) is 29.8 Å². The molecule has 26 heavy (non-hydrogen) atoms. The third-order valence-electron chi connectivity index (χ3n) is 3.74. The second-order valence-corrected chi connectivity index (χ2v) is 6.75. The molecule has 1 rings (SSSR count). The molecule has 3 unspecified atom stereocenters. The maximum Gasteiger partial charge on any atom is 0.326 e. The van der Waals surface area contributed by atoms with E-state index in [2.05, 4.69) is 10.6 Å². The quantitative estimate of drug-likeness (QED) is 0.428. The highest BCUT2D eigenvalue weighted by Crippen LogP contribution is 2.12. The Morgan fingerprint density at radius 2 is 1.54 bits per heavy atom. The molecule has 0 aromatic heterocycles. The molecule has 8 nitrogen and oxygen atoms in total. The SMILES string of the molecule is CC(C)CC(NC(=O)C(Cc1ccc(O)cc1)NC(=O)C(C)N)C(=O)O. The Morgan fingerprint density at radius 3 is 2.00 bits per heavy atom. The normalized spacial score (nSPS) is 14.3. The van der Waals surface area contributed by atoms with E-state index in [0.717, 1.165) is 0 Å². The van der Waals surface area contributed by atoms with E-state index in [9.17, 15) is 24.6 Å². The van der Waals surface area contributed by atoms with Crippen molar-refractivity contribution in [2.24, 2.45) is 11.7 Å². The molecule has 3 atom stereocenters. The van der Waals surface area contributed by atoms with E-state index in [1.807, 2.05) is 13.8 Å². The fourth-order valence-electron chi connectivity index (χ4n) is 2.35. The first-order valence-corrected chi connectivity index (χ1v) is 8.47. The first kappa shape index (κ1) is 21.4. The molecule has 0 heterocycles. The number of aliphatic carboxylic acids is 1.